The second kappa shape index (κ2) is 6.21. The third-order valence-electron chi connectivity index (χ3n) is 3.54. The zero-order chi connectivity index (χ0) is 17.4. The van der Waals surface area contributed by atoms with Crippen molar-refractivity contribution < 1.29 is 8.42 Å². The molecule has 8 heteroatoms. The van der Waals surface area contributed by atoms with E-state index in [4.69, 9.17) is 0 Å². The number of anilines is 1. The van der Waals surface area contributed by atoms with Crippen LogP contribution in [0.25, 0.3) is 32.0 Å². The number of aromatic nitrogens is 2. The second-order valence-electron chi connectivity index (χ2n) is 5.44. The van der Waals surface area contributed by atoms with Crippen LogP contribution in [0.3, 0.4) is 0 Å². The fourth-order valence-corrected chi connectivity index (χ4v) is 4.64. The van der Waals surface area contributed by atoms with Gasteiger partial charge in [-0.2, -0.15) is 0 Å². The molecule has 1 aromatic carbocycles. The van der Waals surface area contributed by atoms with Crippen molar-refractivity contribution in [3.8, 4) is 21.8 Å². The largest absolute Gasteiger partial charge is 0.267 e. The highest BCUT2D eigenvalue weighted by Gasteiger charge is 2.18. The molecule has 0 atom stereocenters. The van der Waals surface area contributed by atoms with E-state index in [0.29, 0.717) is 11.6 Å². The molecule has 0 aliphatic rings. The van der Waals surface area contributed by atoms with Gasteiger partial charge in [-0.05, 0) is 17.0 Å². The molecule has 0 unspecified atom stereocenters. The molecule has 3 heterocycles. The molecule has 126 valence electrons. The highest BCUT2D eigenvalue weighted by Crippen LogP contribution is 2.38. The van der Waals surface area contributed by atoms with Gasteiger partial charge < -0.3 is 0 Å². The fourth-order valence-electron chi connectivity index (χ4n) is 2.54. The Kier molecular flexibility index (Phi) is 4.03. The van der Waals surface area contributed by atoms with Gasteiger partial charge in [-0.1, -0.05) is 36.4 Å². The molecule has 1 N–H and O–H groups in total. The minimum atomic E-state index is -3.46. The molecular weight excluding hydrogens is 374 g/mol. The smallest absolute Gasteiger partial charge is 0.230 e. The summed E-state index contributed by atoms with van der Waals surface area (Å²) in [5, 5.41) is 4.65. The van der Waals surface area contributed by atoms with Gasteiger partial charge >= 0.3 is 0 Å². The average Bonchev–Trinajstić information content (AvgIpc) is 3.24. The standard InChI is InChI=1S/C17H13N3O2S3/c1-25(21,22)20-16-14-12(11-6-3-2-4-7-11)10-24-17(14)19-15(18-16)13-8-5-9-23-13/h2-10H,1H3,(H,18,19,20). The van der Waals surface area contributed by atoms with Crippen LogP contribution in [0, 0.1) is 0 Å². The highest BCUT2D eigenvalue weighted by molar-refractivity contribution is 7.92. The van der Waals surface area contributed by atoms with Crippen LogP contribution in [0.5, 0.6) is 0 Å². The Hall–Kier alpha value is -2.29. The lowest BCUT2D eigenvalue weighted by Gasteiger charge is -2.08. The lowest BCUT2D eigenvalue weighted by Crippen LogP contribution is -2.12. The molecule has 25 heavy (non-hydrogen) atoms. The zero-order valence-electron chi connectivity index (χ0n) is 13.1. The molecule has 0 bridgehead atoms. The quantitative estimate of drug-likeness (QED) is 0.561. The SMILES string of the molecule is CS(=O)(=O)Nc1nc(-c2cccs2)nc2scc(-c3ccccc3)c12. The first-order chi connectivity index (χ1) is 12.0. The van der Waals surface area contributed by atoms with Crippen molar-refractivity contribution in [1.82, 2.24) is 9.97 Å². The van der Waals surface area contributed by atoms with Crippen LogP contribution >= 0.6 is 22.7 Å². The summed E-state index contributed by atoms with van der Waals surface area (Å²) in [6, 6.07) is 13.6. The molecule has 0 radical (unpaired) electrons. The fraction of sp³-hybridized carbons (Fsp3) is 0.0588. The molecule has 0 amide bonds. The number of sulfonamides is 1. The van der Waals surface area contributed by atoms with E-state index in [2.05, 4.69) is 14.7 Å². The molecule has 0 saturated carbocycles. The lowest BCUT2D eigenvalue weighted by atomic mass is 10.1. The van der Waals surface area contributed by atoms with E-state index in [1.807, 2.05) is 53.2 Å². The third-order valence-corrected chi connectivity index (χ3v) is 5.84. The summed E-state index contributed by atoms with van der Waals surface area (Å²) in [6.07, 6.45) is 1.13. The Labute approximate surface area is 153 Å². The Bertz CT molecular complexity index is 1130. The molecule has 4 aromatic rings. The topological polar surface area (TPSA) is 72.0 Å². The van der Waals surface area contributed by atoms with Crippen molar-refractivity contribution >= 4 is 48.7 Å². The first-order valence-corrected chi connectivity index (χ1v) is 11.0. The van der Waals surface area contributed by atoms with Crippen LogP contribution < -0.4 is 4.72 Å². The predicted molar refractivity (Wildman–Crippen MR) is 105 cm³/mol. The minimum absolute atomic E-state index is 0.316. The number of nitrogens with one attached hydrogen (secondary N) is 1. The zero-order valence-corrected chi connectivity index (χ0v) is 15.6. The van der Waals surface area contributed by atoms with E-state index >= 15 is 0 Å². The van der Waals surface area contributed by atoms with Crippen molar-refractivity contribution in [1.29, 1.82) is 0 Å². The van der Waals surface area contributed by atoms with Gasteiger partial charge in [-0.25, -0.2) is 18.4 Å². The van der Waals surface area contributed by atoms with Crippen molar-refractivity contribution in [2.75, 3.05) is 11.0 Å². The minimum Gasteiger partial charge on any atom is -0.267 e. The summed E-state index contributed by atoms with van der Waals surface area (Å²) in [7, 11) is -3.46. The third kappa shape index (κ3) is 3.28. The normalized spacial score (nSPS) is 11.7. The molecule has 0 aliphatic carbocycles. The van der Waals surface area contributed by atoms with Crippen molar-refractivity contribution in [2.24, 2.45) is 0 Å². The predicted octanol–water partition coefficient (Wildman–Crippen LogP) is 4.46. The van der Waals surface area contributed by atoms with Gasteiger partial charge in [0.2, 0.25) is 10.0 Å². The first-order valence-electron chi connectivity index (χ1n) is 7.37. The van der Waals surface area contributed by atoms with Crippen molar-refractivity contribution in [3.05, 3.63) is 53.2 Å². The van der Waals surface area contributed by atoms with Crippen LogP contribution in [-0.2, 0) is 10.0 Å². The molecule has 0 aliphatic heterocycles. The van der Waals surface area contributed by atoms with E-state index in [9.17, 15) is 8.42 Å². The molecule has 0 saturated heterocycles. The number of nitrogens with zero attached hydrogens (tertiary/aromatic N) is 2. The number of benzene rings is 1. The Morgan fingerprint density at radius 1 is 1.00 bits per heavy atom. The molecule has 5 nitrogen and oxygen atoms in total. The number of rotatable bonds is 4. The van der Waals surface area contributed by atoms with Gasteiger partial charge in [0.05, 0.1) is 16.5 Å². The van der Waals surface area contributed by atoms with E-state index in [1.165, 1.54) is 22.7 Å². The summed E-state index contributed by atoms with van der Waals surface area (Å²) in [6.45, 7) is 0. The number of thiophene rings is 2. The summed E-state index contributed by atoms with van der Waals surface area (Å²) in [5.41, 5.74) is 1.92. The van der Waals surface area contributed by atoms with Crippen LogP contribution in [0.1, 0.15) is 0 Å². The number of hydrogen-bond donors (Lipinski definition) is 1. The van der Waals surface area contributed by atoms with Crippen molar-refractivity contribution in [3.63, 3.8) is 0 Å². The second-order valence-corrected chi connectivity index (χ2v) is 9.00. The average molecular weight is 388 g/mol. The van der Waals surface area contributed by atoms with Gasteiger partial charge in [0.15, 0.2) is 11.6 Å². The van der Waals surface area contributed by atoms with Crippen LogP contribution in [0.15, 0.2) is 53.2 Å². The van der Waals surface area contributed by atoms with Gasteiger partial charge in [0, 0.05) is 10.9 Å². The van der Waals surface area contributed by atoms with Crippen molar-refractivity contribution in [2.45, 2.75) is 0 Å². The molecular formula is C17H13N3O2S3. The summed E-state index contributed by atoms with van der Waals surface area (Å²) in [4.78, 5) is 10.8. The summed E-state index contributed by atoms with van der Waals surface area (Å²) < 4.78 is 26.2. The van der Waals surface area contributed by atoms with Crippen LogP contribution in [0.4, 0.5) is 5.82 Å². The number of fused-ring (bicyclic) bond motifs is 1. The highest BCUT2D eigenvalue weighted by atomic mass is 32.2. The van der Waals surface area contributed by atoms with Crippen LogP contribution in [0.2, 0.25) is 0 Å². The Morgan fingerprint density at radius 2 is 1.80 bits per heavy atom. The Balaban J connectivity index is 1.99. The maximum atomic E-state index is 11.8. The Morgan fingerprint density at radius 3 is 2.48 bits per heavy atom. The van der Waals surface area contributed by atoms with E-state index in [0.717, 1.165) is 32.5 Å². The van der Waals surface area contributed by atoms with Gasteiger partial charge in [-0.15, -0.1) is 22.7 Å². The van der Waals surface area contributed by atoms with E-state index < -0.39 is 10.0 Å². The summed E-state index contributed by atoms with van der Waals surface area (Å²) >= 11 is 3.00. The molecule has 3 aromatic heterocycles. The number of hydrogen-bond acceptors (Lipinski definition) is 6. The van der Waals surface area contributed by atoms with Gasteiger partial charge in [0.25, 0.3) is 0 Å². The van der Waals surface area contributed by atoms with E-state index in [-0.39, 0.29) is 0 Å². The monoisotopic (exact) mass is 387 g/mol. The maximum Gasteiger partial charge on any atom is 0.230 e. The van der Waals surface area contributed by atoms with Gasteiger partial charge in [-0.3, -0.25) is 4.72 Å². The van der Waals surface area contributed by atoms with Crippen LogP contribution in [-0.4, -0.2) is 24.6 Å². The first kappa shape index (κ1) is 16.2. The summed E-state index contributed by atoms with van der Waals surface area (Å²) in [5.74, 6) is 0.839. The van der Waals surface area contributed by atoms with E-state index in [1.54, 1.807) is 0 Å². The molecule has 4 rings (SSSR count). The molecule has 0 fully saturated rings. The molecule has 0 spiro atoms. The van der Waals surface area contributed by atoms with Gasteiger partial charge in [0.1, 0.15) is 4.83 Å². The lowest BCUT2D eigenvalue weighted by molar-refractivity contribution is 0.606. The maximum absolute atomic E-state index is 11.8.